The number of carbonyl (C=O) groups is 1. The molecule has 3 rings (SSSR count). The van der Waals surface area contributed by atoms with E-state index < -0.39 is 5.82 Å². The second-order valence-electron chi connectivity index (χ2n) is 5.93. The minimum absolute atomic E-state index is 0.293. The van der Waals surface area contributed by atoms with Crippen molar-refractivity contribution in [2.24, 2.45) is 0 Å². The van der Waals surface area contributed by atoms with E-state index in [1.807, 2.05) is 24.3 Å². The zero-order valence-electron chi connectivity index (χ0n) is 15.4. The van der Waals surface area contributed by atoms with Gasteiger partial charge in [-0.1, -0.05) is 18.2 Å². The van der Waals surface area contributed by atoms with Crippen molar-refractivity contribution in [1.29, 1.82) is 0 Å². The molecular formula is C22H18BrFNO3+. The van der Waals surface area contributed by atoms with Crippen LogP contribution in [-0.4, -0.2) is 23.8 Å². The topological polar surface area (TPSA) is 38.5 Å². The standard InChI is InChI=1S/C22H18BrFNO3/c1-15(26)25(14-16-12-19(27-2)9-10-20(16)23)21-13-17(24)8-11-22(21)28-18-6-4-3-5-7-18/h3-14H,1-2H3/q+1. The van der Waals surface area contributed by atoms with Crippen LogP contribution in [0.3, 0.4) is 0 Å². The van der Waals surface area contributed by atoms with Crippen LogP contribution < -0.4 is 9.47 Å². The van der Waals surface area contributed by atoms with Crippen molar-refractivity contribution in [3.05, 3.63) is 82.6 Å². The summed E-state index contributed by atoms with van der Waals surface area (Å²) in [7, 11) is 1.56. The predicted octanol–water partition coefficient (Wildman–Crippen LogP) is 5.70. The van der Waals surface area contributed by atoms with Gasteiger partial charge in [0.1, 0.15) is 17.3 Å². The second kappa shape index (κ2) is 8.80. The summed E-state index contributed by atoms with van der Waals surface area (Å²) in [5, 5.41) is 0. The Bertz CT molecular complexity index is 1040. The molecule has 3 aromatic rings. The summed E-state index contributed by atoms with van der Waals surface area (Å²) >= 11 is 3.47. The molecule has 0 fully saturated rings. The Morgan fingerprint density at radius 2 is 1.79 bits per heavy atom. The fourth-order valence-corrected chi connectivity index (χ4v) is 2.95. The highest BCUT2D eigenvalue weighted by atomic mass is 79.9. The van der Waals surface area contributed by atoms with Crippen molar-refractivity contribution in [1.82, 2.24) is 0 Å². The molecule has 1 amide bonds. The minimum Gasteiger partial charge on any atom is -0.497 e. The molecule has 0 unspecified atom stereocenters. The molecule has 142 valence electrons. The molecular weight excluding hydrogens is 425 g/mol. The van der Waals surface area contributed by atoms with Crippen molar-refractivity contribution in [2.45, 2.75) is 6.92 Å². The molecule has 28 heavy (non-hydrogen) atoms. The van der Waals surface area contributed by atoms with Gasteiger partial charge in [-0.15, -0.1) is 4.58 Å². The van der Waals surface area contributed by atoms with Gasteiger partial charge in [-0.25, -0.2) is 9.18 Å². The molecule has 0 saturated heterocycles. The lowest BCUT2D eigenvalue weighted by molar-refractivity contribution is -0.360. The van der Waals surface area contributed by atoms with E-state index in [9.17, 15) is 9.18 Å². The fraction of sp³-hybridized carbons (Fsp3) is 0.0909. The monoisotopic (exact) mass is 442 g/mol. The van der Waals surface area contributed by atoms with E-state index >= 15 is 0 Å². The van der Waals surface area contributed by atoms with Crippen molar-refractivity contribution >= 4 is 33.7 Å². The number of para-hydroxylation sites is 1. The van der Waals surface area contributed by atoms with Crippen molar-refractivity contribution in [3.63, 3.8) is 0 Å². The fourth-order valence-electron chi connectivity index (χ4n) is 2.60. The Morgan fingerprint density at radius 1 is 1.04 bits per heavy atom. The molecule has 0 saturated carbocycles. The molecule has 0 N–H and O–H groups in total. The van der Waals surface area contributed by atoms with E-state index in [2.05, 4.69) is 15.9 Å². The van der Waals surface area contributed by atoms with Crippen LogP contribution >= 0.6 is 15.9 Å². The zero-order valence-corrected chi connectivity index (χ0v) is 16.9. The lowest BCUT2D eigenvalue weighted by Crippen LogP contribution is -2.15. The molecule has 0 radical (unpaired) electrons. The third kappa shape index (κ3) is 4.64. The Morgan fingerprint density at radius 3 is 2.46 bits per heavy atom. The van der Waals surface area contributed by atoms with Crippen LogP contribution in [0.2, 0.25) is 0 Å². The molecule has 3 aromatic carbocycles. The van der Waals surface area contributed by atoms with Crippen molar-refractivity contribution < 1.29 is 23.2 Å². The molecule has 6 heteroatoms. The maximum absolute atomic E-state index is 14.0. The Labute approximate surface area is 171 Å². The number of nitrogens with zero attached hydrogens (tertiary/aromatic N) is 1. The molecule has 0 aliphatic carbocycles. The average molecular weight is 443 g/mol. The van der Waals surface area contributed by atoms with Gasteiger partial charge in [-0.2, -0.15) is 0 Å². The van der Waals surface area contributed by atoms with Gasteiger partial charge in [0.2, 0.25) is 0 Å². The molecule has 4 nitrogen and oxygen atoms in total. The van der Waals surface area contributed by atoms with E-state index in [0.29, 0.717) is 28.5 Å². The van der Waals surface area contributed by atoms with E-state index in [1.165, 1.54) is 29.7 Å². The highest BCUT2D eigenvalue weighted by Gasteiger charge is 2.23. The largest absolute Gasteiger partial charge is 0.497 e. The van der Waals surface area contributed by atoms with E-state index in [1.54, 1.807) is 37.6 Å². The predicted molar refractivity (Wildman–Crippen MR) is 109 cm³/mol. The van der Waals surface area contributed by atoms with Gasteiger partial charge in [0.15, 0.2) is 12.0 Å². The number of methoxy groups -OCH3 is 1. The molecule has 0 atom stereocenters. The SMILES string of the molecule is COc1ccc(Br)c(C=[N+](C(C)=O)c2cc(F)ccc2Oc2ccccc2)c1. The lowest BCUT2D eigenvalue weighted by atomic mass is 10.2. The first-order valence-corrected chi connectivity index (χ1v) is 9.28. The highest BCUT2D eigenvalue weighted by molar-refractivity contribution is 9.10. The average Bonchev–Trinajstić information content (AvgIpc) is 2.69. The third-order valence-corrected chi connectivity index (χ3v) is 4.68. The molecule has 0 aliphatic heterocycles. The minimum atomic E-state index is -0.472. The van der Waals surface area contributed by atoms with Crippen LogP contribution in [0.5, 0.6) is 17.2 Å². The second-order valence-corrected chi connectivity index (χ2v) is 6.79. The first-order chi connectivity index (χ1) is 13.5. The van der Waals surface area contributed by atoms with Gasteiger partial charge < -0.3 is 9.47 Å². The molecule has 0 aliphatic rings. The molecule has 0 spiro atoms. The van der Waals surface area contributed by atoms with Crippen molar-refractivity contribution in [2.75, 3.05) is 7.11 Å². The van der Waals surface area contributed by atoms with Crippen molar-refractivity contribution in [3.8, 4) is 17.2 Å². The Kier molecular flexibility index (Phi) is 6.21. The number of halogens is 2. The summed E-state index contributed by atoms with van der Waals surface area (Å²) in [4.78, 5) is 12.4. The van der Waals surface area contributed by atoms with E-state index in [4.69, 9.17) is 9.47 Å². The number of amides is 1. The van der Waals surface area contributed by atoms with Crippen LogP contribution in [0.15, 0.2) is 71.2 Å². The first kappa shape index (κ1) is 19.8. The van der Waals surface area contributed by atoms with Gasteiger partial charge in [-0.05, 0) is 58.4 Å². The number of hydrogen-bond donors (Lipinski definition) is 0. The molecule has 0 heterocycles. The summed E-state index contributed by atoms with van der Waals surface area (Å²) < 4.78 is 27.3. The van der Waals surface area contributed by atoms with Gasteiger partial charge in [0, 0.05) is 4.47 Å². The smallest absolute Gasteiger partial charge is 0.389 e. The number of rotatable bonds is 5. The highest BCUT2D eigenvalue weighted by Crippen LogP contribution is 2.33. The number of hydrogen-bond acceptors (Lipinski definition) is 3. The van der Waals surface area contributed by atoms with Crippen LogP contribution in [0.25, 0.3) is 0 Å². The Hall–Kier alpha value is -2.99. The summed E-state index contributed by atoms with van der Waals surface area (Å²) in [6, 6.07) is 18.6. The van der Waals surface area contributed by atoms with Gasteiger partial charge >= 0.3 is 5.91 Å². The van der Waals surface area contributed by atoms with E-state index in [-0.39, 0.29) is 5.91 Å². The van der Waals surface area contributed by atoms with Crippen LogP contribution in [0.4, 0.5) is 10.1 Å². The van der Waals surface area contributed by atoms with Gasteiger partial charge in [-0.3, -0.25) is 0 Å². The number of benzene rings is 3. The summed E-state index contributed by atoms with van der Waals surface area (Å²) in [5.41, 5.74) is 0.996. The lowest BCUT2D eigenvalue weighted by Gasteiger charge is -2.09. The third-order valence-electron chi connectivity index (χ3n) is 3.96. The van der Waals surface area contributed by atoms with Gasteiger partial charge in [0.25, 0.3) is 5.69 Å². The van der Waals surface area contributed by atoms with E-state index in [0.717, 1.165) is 4.47 Å². The summed E-state index contributed by atoms with van der Waals surface area (Å²) in [5.74, 6) is 0.815. The molecule has 0 aromatic heterocycles. The normalized spacial score (nSPS) is 11.2. The van der Waals surface area contributed by atoms with Gasteiger partial charge in [0.05, 0.1) is 25.7 Å². The van der Waals surface area contributed by atoms with Crippen LogP contribution in [0, 0.1) is 5.82 Å². The summed E-state index contributed by atoms with van der Waals surface area (Å²) in [6.45, 7) is 1.40. The van der Waals surface area contributed by atoms with Crippen LogP contribution in [0.1, 0.15) is 12.5 Å². The molecule has 0 bridgehead atoms. The first-order valence-electron chi connectivity index (χ1n) is 8.48. The number of carbonyl (C=O) groups excluding carboxylic acids is 1. The van der Waals surface area contributed by atoms with Crippen LogP contribution in [-0.2, 0) is 4.79 Å². The summed E-state index contributed by atoms with van der Waals surface area (Å²) in [6.07, 6.45) is 1.61. The maximum Gasteiger partial charge on any atom is 0.389 e. The number of ether oxygens (including phenoxy) is 2. The quantitative estimate of drug-likeness (QED) is 0.375. The zero-order chi connectivity index (χ0) is 20.1. The maximum atomic E-state index is 14.0. The Balaban J connectivity index is 2.12.